The molecule has 132 valence electrons. The monoisotopic (exact) mass is 359 g/mol. The molecule has 0 saturated carbocycles. The van der Waals surface area contributed by atoms with Crippen molar-refractivity contribution in [2.24, 2.45) is 0 Å². The first-order valence-corrected chi connectivity index (χ1v) is 9.99. The van der Waals surface area contributed by atoms with E-state index >= 15 is 0 Å². The van der Waals surface area contributed by atoms with Crippen LogP contribution in [-0.4, -0.2) is 30.9 Å². The Balaban J connectivity index is 1.84. The van der Waals surface area contributed by atoms with Crippen LogP contribution in [0.3, 0.4) is 0 Å². The molecule has 1 aliphatic rings. The van der Waals surface area contributed by atoms with Gasteiger partial charge in [-0.25, -0.2) is 8.42 Å². The second-order valence-corrected chi connectivity index (χ2v) is 9.61. The van der Waals surface area contributed by atoms with Gasteiger partial charge in [-0.1, -0.05) is 32.9 Å². The molecule has 1 aromatic heterocycles. The van der Waals surface area contributed by atoms with E-state index in [2.05, 4.69) is 31.1 Å². The van der Waals surface area contributed by atoms with Gasteiger partial charge in [-0.15, -0.1) is 0 Å². The van der Waals surface area contributed by atoms with E-state index in [0.717, 1.165) is 5.56 Å². The number of nitrogens with one attached hydrogen (secondary N) is 1. The van der Waals surface area contributed by atoms with Gasteiger partial charge in [-0.3, -0.25) is 0 Å². The lowest BCUT2D eigenvalue weighted by Crippen LogP contribution is -2.20. The average Bonchev–Trinajstić information content (AvgIpc) is 3.10. The van der Waals surface area contributed by atoms with E-state index < -0.39 is 9.84 Å². The number of aromatic nitrogens is 1. The van der Waals surface area contributed by atoms with Crippen LogP contribution in [0.2, 0.25) is 0 Å². The summed E-state index contributed by atoms with van der Waals surface area (Å²) in [5.74, 6) is 0.788. The standard InChI is InChI=1S/C18H21N3O3S/c1-18(2,3)13-6-4-12(5-7-13)16-21-15(10-19)17(24-16)20-14-8-9-25(22,23)11-14/h4-7,14,20H,8-9,11H2,1-3H3/t14-/m0/s1. The summed E-state index contributed by atoms with van der Waals surface area (Å²) in [6.07, 6.45) is 0.503. The first kappa shape index (κ1) is 17.5. The molecule has 0 spiro atoms. The van der Waals surface area contributed by atoms with Crippen molar-refractivity contribution in [2.75, 3.05) is 16.8 Å². The summed E-state index contributed by atoms with van der Waals surface area (Å²) in [5, 5.41) is 12.3. The van der Waals surface area contributed by atoms with Gasteiger partial charge in [0.15, 0.2) is 9.84 Å². The Kier molecular flexibility index (Phi) is 4.33. The number of hydrogen-bond acceptors (Lipinski definition) is 6. The molecule has 2 heterocycles. The molecular formula is C18H21N3O3S. The third kappa shape index (κ3) is 3.85. The molecule has 1 aliphatic heterocycles. The maximum Gasteiger partial charge on any atom is 0.232 e. The van der Waals surface area contributed by atoms with Crippen molar-refractivity contribution in [2.45, 2.75) is 38.6 Å². The zero-order valence-corrected chi connectivity index (χ0v) is 15.4. The molecule has 0 radical (unpaired) electrons. The van der Waals surface area contributed by atoms with E-state index in [0.29, 0.717) is 12.3 Å². The molecule has 3 rings (SSSR count). The predicted molar refractivity (Wildman–Crippen MR) is 96.0 cm³/mol. The number of anilines is 1. The van der Waals surface area contributed by atoms with Crippen molar-refractivity contribution >= 4 is 15.7 Å². The molecule has 7 heteroatoms. The third-order valence-corrected chi connectivity index (χ3v) is 6.07. The highest BCUT2D eigenvalue weighted by molar-refractivity contribution is 7.91. The number of benzene rings is 1. The van der Waals surface area contributed by atoms with Crippen LogP contribution in [-0.2, 0) is 15.3 Å². The summed E-state index contributed by atoms with van der Waals surface area (Å²) in [7, 11) is -3.01. The van der Waals surface area contributed by atoms with Crippen LogP contribution >= 0.6 is 0 Å². The van der Waals surface area contributed by atoms with Gasteiger partial charge in [0.1, 0.15) is 6.07 Å². The minimum absolute atomic E-state index is 0.0492. The van der Waals surface area contributed by atoms with Gasteiger partial charge < -0.3 is 9.73 Å². The highest BCUT2D eigenvalue weighted by Gasteiger charge is 2.29. The SMILES string of the molecule is CC(C)(C)c1ccc(-c2nc(C#N)c(N[C@H]3CCS(=O)(=O)C3)o2)cc1. The van der Waals surface area contributed by atoms with Crippen molar-refractivity contribution < 1.29 is 12.8 Å². The number of nitrogens with zero attached hydrogens (tertiary/aromatic N) is 2. The number of sulfone groups is 1. The van der Waals surface area contributed by atoms with Gasteiger partial charge in [0.2, 0.25) is 17.5 Å². The maximum absolute atomic E-state index is 11.6. The molecule has 0 aliphatic carbocycles. The summed E-state index contributed by atoms with van der Waals surface area (Å²) < 4.78 is 28.9. The van der Waals surface area contributed by atoms with Crippen LogP contribution in [0, 0.1) is 11.3 Å². The molecule has 1 fully saturated rings. The van der Waals surface area contributed by atoms with Crippen molar-refractivity contribution in [3.8, 4) is 17.5 Å². The highest BCUT2D eigenvalue weighted by atomic mass is 32.2. The topological polar surface area (TPSA) is 96.0 Å². The Hall–Kier alpha value is -2.33. The van der Waals surface area contributed by atoms with Gasteiger partial charge in [0.05, 0.1) is 11.5 Å². The molecule has 1 N–H and O–H groups in total. The number of rotatable bonds is 3. The fourth-order valence-corrected chi connectivity index (χ4v) is 4.50. The molecule has 0 amide bonds. The minimum Gasteiger partial charge on any atom is -0.419 e. The lowest BCUT2D eigenvalue weighted by atomic mass is 9.87. The van der Waals surface area contributed by atoms with Gasteiger partial charge in [0.25, 0.3) is 0 Å². The van der Waals surface area contributed by atoms with Crippen LogP contribution in [0.25, 0.3) is 11.5 Å². The molecule has 6 nitrogen and oxygen atoms in total. The number of oxazole rings is 1. The van der Waals surface area contributed by atoms with E-state index in [9.17, 15) is 13.7 Å². The third-order valence-electron chi connectivity index (χ3n) is 4.30. The minimum atomic E-state index is -3.01. The van der Waals surface area contributed by atoms with Crippen molar-refractivity contribution in [3.63, 3.8) is 0 Å². The smallest absolute Gasteiger partial charge is 0.232 e. The molecule has 25 heavy (non-hydrogen) atoms. The molecular weight excluding hydrogens is 338 g/mol. The summed E-state index contributed by atoms with van der Waals surface area (Å²) in [6, 6.07) is 9.61. The average molecular weight is 359 g/mol. The van der Waals surface area contributed by atoms with Gasteiger partial charge in [-0.2, -0.15) is 10.2 Å². The van der Waals surface area contributed by atoms with Gasteiger partial charge in [-0.05, 0) is 29.5 Å². The second kappa shape index (κ2) is 6.19. The van der Waals surface area contributed by atoms with Gasteiger partial charge >= 0.3 is 0 Å². The molecule has 2 aromatic rings. The van der Waals surface area contributed by atoms with E-state index in [1.54, 1.807) is 0 Å². The predicted octanol–water partition coefficient (Wildman–Crippen LogP) is 3.11. The van der Waals surface area contributed by atoms with E-state index in [4.69, 9.17) is 4.42 Å². The molecule has 1 saturated heterocycles. The van der Waals surface area contributed by atoms with E-state index in [-0.39, 0.29) is 34.5 Å². The lowest BCUT2D eigenvalue weighted by Gasteiger charge is -2.18. The largest absolute Gasteiger partial charge is 0.419 e. The van der Waals surface area contributed by atoms with Crippen LogP contribution in [0.5, 0.6) is 0 Å². The Morgan fingerprint density at radius 2 is 1.96 bits per heavy atom. The lowest BCUT2D eigenvalue weighted by molar-refractivity contribution is 0.574. The number of hydrogen-bond donors (Lipinski definition) is 1. The first-order chi connectivity index (χ1) is 11.7. The fourth-order valence-electron chi connectivity index (χ4n) is 2.82. The van der Waals surface area contributed by atoms with Crippen molar-refractivity contribution in [1.82, 2.24) is 4.98 Å². The maximum atomic E-state index is 11.6. The van der Waals surface area contributed by atoms with Crippen molar-refractivity contribution in [3.05, 3.63) is 35.5 Å². The van der Waals surface area contributed by atoms with Crippen LogP contribution in [0.1, 0.15) is 38.4 Å². The summed E-state index contributed by atoms with van der Waals surface area (Å²) in [5.41, 5.74) is 2.15. The molecule has 1 atom stereocenters. The van der Waals surface area contributed by atoms with Crippen LogP contribution < -0.4 is 5.32 Å². The summed E-state index contributed by atoms with van der Waals surface area (Å²) in [6.45, 7) is 6.41. The summed E-state index contributed by atoms with van der Waals surface area (Å²) in [4.78, 5) is 4.23. The zero-order chi connectivity index (χ0) is 18.2. The fraction of sp³-hybridized carbons (Fsp3) is 0.444. The Bertz CT molecular complexity index is 916. The number of nitriles is 1. The Morgan fingerprint density at radius 1 is 1.28 bits per heavy atom. The second-order valence-electron chi connectivity index (χ2n) is 7.38. The molecule has 1 aromatic carbocycles. The quantitative estimate of drug-likeness (QED) is 0.904. The van der Waals surface area contributed by atoms with Crippen molar-refractivity contribution in [1.29, 1.82) is 5.26 Å². The normalized spacial score (nSPS) is 19.5. The van der Waals surface area contributed by atoms with Crippen LogP contribution in [0.4, 0.5) is 5.88 Å². The Labute approximate surface area is 147 Å². The zero-order valence-electron chi connectivity index (χ0n) is 14.5. The van der Waals surface area contributed by atoms with Crippen LogP contribution in [0.15, 0.2) is 28.7 Å². The first-order valence-electron chi connectivity index (χ1n) is 8.17. The Morgan fingerprint density at radius 3 is 2.48 bits per heavy atom. The molecule has 0 unspecified atom stereocenters. The highest BCUT2D eigenvalue weighted by Crippen LogP contribution is 2.29. The van der Waals surface area contributed by atoms with E-state index in [1.165, 1.54) is 5.56 Å². The van der Waals surface area contributed by atoms with E-state index in [1.807, 2.05) is 30.3 Å². The molecule has 0 bridgehead atoms. The van der Waals surface area contributed by atoms with Gasteiger partial charge in [0, 0.05) is 11.6 Å². The summed E-state index contributed by atoms with van der Waals surface area (Å²) >= 11 is 0.